The average molecular weight is 239 g/mol. The van der Waals surface area contributed by atoms with E-state index < -0.39 is 10.8 Å². The standard InChI is InChI=1S/C11H17N3OS/c1-9-5-7-13-11(14-9)16(15)8-10-4-2-3-6-12-10/h5,7,10,12H,2-4,6,8H2,1H3. The van der Waals surface area contributed by atoms with Gasteiger partial charge in [-0.2, -0.15) is 0 Å². The second kappa shape index (κ2) is 5.50. The van der Waals surface area contributed by atoms with Crippen molar-refractivity contribution in [1.29, 1.82) is 0 Å². The van der Waals surface area contributed by atoms with Crippen molar-refractivity contribution < 1.29 is 4.21 Å². The monoisotopic (exact) mass is 239 g/mol. The number of hydrogen-bond donors (Lipinski definition) is 1. The number of rotatable bonds is 3. The Morgan fingerprint density at radius 2 is 2.44 bits per heavy atom. The number of aryl methyl sites for hydroxylation is 1. The van der Waals surface area contributed by atoms with E-state index in [0.717, 1.165) is 18.7 Å². The number of hydrogen-bond acceptors (Lipinski definition) is 4. The van der Waals surface area contributed by atoms with Gasteiger partial charge in [0, 0.05) is 23.7 Å². The van der Waals surface area contributed by atoms with E-state index in [0.29, 0.717) is 17.0 Å². The quantitative estimate of drug-likeness (QED) is 0.801. The average Bonchev–Trinajstić information content (AvgIpc) is 2.30. The first-order chi connectivity index (χ1) is 7.75. The van der Waals surface area contributed by atoms with Gasteiger partial charge in [-0.1, -0.05) is 6.42 Å². The van der Waals surface area contributed by atoms with E-state index in [1.807, 2.05) is 13.0 Å². The molecule has 0 aliphatic carbocycles. The van der Waals surface area contributed by atoms with Crippen LogP contribution >= 0.6 is 0 Å². The van der Waals surface area contributed by atoms with Crippen LogP contribution in [0.4, 0.5) is 0 Å². The first-order valence-electron chi connectivity index (χ1n) is 5.67. The summed E-state index contributed by atoms with van der Waals surface area (Å²) in [5, 5.41) is 3.85. The van der Waals surface area contributed by atoms with E-state index in [2.05, 4.69) is 15.3 Å². The first kappa shape index (κ1) is 11.7. The number of aromatic nitrogens is 2. The Labute approximate surface area is 98.3 Å². The van der Waals surface area contributed by atoms with Crippen molar-refractivity contribution in [3.8, 4) is 0 Å². The van der Waals surface area contributed by atoms with Crippen LogP contribution in [-0.4, -0.2) is 32.5 Å². The minimum absolute atomic E-state index is 0.360. The molecule has 0 radical (unpaired) electrons. The molecule has 0 saturated carbocycles. The third-order valence-corrected chi connectivity index (χ3v) is 4.05. The van der Waals surface area contributed by atoms with Crippen LogP contribution in [0, 0.1) is 6.92 Å². The summed E-state index contributed by atoms with van der Waals surface area (Å²) in [7, 11) is -1.08. The fraction of sp³-hybridized carbons (Fsp3) is 0.636. The predicted molar refractivity (Wildman–Crippen MR) is 63.7 cm³/mol. The molecule has 2 heterocycles. The van der Waals surface area contributed by atoms with Gasteiger partial charge in [-0.05, 0) is 32.4 Å². The zero-order valence-corrected chi connectivity index (χ0v) is 10.3. The van der Waals surface area contributed by atoms with Gasteiger partial charge < -0.3 is 5.32 Å². The van der Waals surface area contributed by atoms with Crippen LogP contribution in [0.1, 0.15) is 25.0 Å². The second-order valence-corrected chi connectivity index (χ2v) is 5.53. The van der Waals surface area contributed by atoms with Crippen LogP contribution < -0.4 is 5.32 Å². The van der Waals surface area contributed by atoms with Crippen molar-refractivity contribution >= 4 is 10.8 Å². The van der Waals surface area contributed by atoms with Gasteiger partial charge in [0.25, 0.3) is 0 Å². The van der Waals surface area contributed by atoms with Crippen LogP contribution in [0.25, 0.3) is 0 Å². The third kappa shape index (κ3) is 3.09. The van der Waals surface area contributed by atoms with Crippen molar-refractivity contribution in [2.45, 2.75) is 37.4 Å². The molecule has 1 saturated heterocycles. The predicted octanol–water partition coefficient (Wildman–Crippen LogP) is 1.03. The van der Waals surface area contributed by atoms with Gasteiger partial charge in [0.05, 0.1) is 10.8 Å². The highest BCUT2D eigenvalue weighted by atomic mass is 32.2. The summed E-state index contributed by atoms with van der Waals surface area (Å²) in [6, 6.07) is 2.18. The largest absolute Gasteiger partial charge is 0.313 e. The number of nitrogens with one attached hydrogen (secondary N) is 1. The molecule has 1 fully saturated rings. The van der Waals surface area contributed by atoms with Crippen molar-refractivity contribution in [2.24, 2.45) is 0 Å². The fourth-order valence-corrected chi connectivity index (χ4v) is 3.08. The van der Waals surface area contributed by atoms with E-state index in [4.69, 9.17) is 0 Å². The molecule has 88 valence electrons. The third-order valence-electron chi connectivity index (χ3n) is 2.74. The van der Waals surface area contributed by atoms with E-state index in [9.17, 15) is 4.21 Å². The van der Waals surface area contributed by atoms with E-state index in [-0.39, 0.29) is 0 Å². The van der Waals surface area contributed by atoms with Crippen molar-refractivity contribution in [3.63, 3.8) is 0 Å². The summed E-state index contributed by atoms with van der Waals surface area (Å²) in [4.78, 5) is 8.27. The smallest absolute Gasteiger partial charge is 0.218 e. The lowest BCUT2D eigenvalue weighted by Gasteiger charge is -2.22. The minimum Gasteiger partial charge on any atom is -0.313 e. The Morgan fingerprint density at radius 1 is 1.56 bits per heavy atom. The van der Waals surface area contributed by atoms with Crippen molar-refractivity contribution in [1.82, 2.24) is 15.3 Å². The number of piperidine rings is 1. The maximum Gasteiger partial charge on any atom is 0.218 e. The van der Waals surface area contributed by atoms with Gasteiger partial charge in [0.2, 0.25) is 5.16 Å². The Hall–Kier alpha value is -0.810. The lowest BCUT2D eigenvalue weighted by atomic mass is 10.1. The topological polar surface area (TPSA) is 54.9 Å². The van der Waals surface area contributed by atoms with Gasteiger partial charge in [0.15, 0.2) is 0 Å². The molecule has 2 atom stereocenters. The van der Waals surface area contributed by atoms with E-state index in [1.54, 1.807) is 6.20 Å². The lowest BCUT2D eigenvalue weighted by molar-refractivity contribution is 0.427. The highest BCUT2D eigenvalue weighted by Crippen LogP contribution is 2.10. The van der Waals surface area contributed by atoms with Crippen molar-refractivity contribution in [2.75, 3.05) is 12.3 Å². The summed E-state index contributed by atoms with van der Waals surface area (Å²) >= 11 is 0. The van der Waals surface area contributed by atoms with Gasteiger partial charge in [-0.25, -0.2) is 9.97 Å². The molecule has 1 N–H and O–H groups in total. The SMILES string of the molecule is Cc1ccnc(S(=O)CC2CCCCN2)n1. The number of nitrogens with zero attached hydrogens (tertiary/aromatic N) is 2. The molecular weight excluding hydrogens is 222 g/mol. The molecule has 4 nitrogen and oxygen atoms in total. The summed E-state index contributed by atoms with van der Waals surface area (Å²) in [5.41, 5.74) is 0.870. The highest BCUT2D eigenvalue weighted by Gasteiger charge is 2.17. The molecule has 1 aliphatic rings. The molecule has 0 aromatic carbocycles. The van der Waals surface area contributed by atoms with Gasteiger partial charge in [-0.3, -0.25) is 4.21 Å². The molecule has 16 heavy (non-hydrogen) atoms. The summed E-state index contributed by atoms with van der Waals surface area (Å²) < 4.78 is 12.0. The Balaban J connectivity index is 1.97. The molecule has 1 aromatic heterocycles. The maximum absolute atomic E-state index is 12.0. The Morgan fingerprint density at radius 3 is 3.12 bits per heavy atom. The van der Waals surface area contributed by atoms with Crippen LogP contribution in [0.3, 0.4) is 0 Å². The normalized spacial score (nSPS) is 22.9. The Bertz CT molecular complexity index is 377. The molecule has 0 amide bonds. The highest BCUT2D eigenvalue weighted by molar-refractivity contribution is 7.84. The van der Waals surface area contributed by atoms with Gasteiger partial charge in [-0.15, -0.1) is 0 Å². The summed E-state index contributed by atoms with van der Waals surface area (Å²) in [6.07, 6.45) is 5.23. The zero-order chi connectivity index (χ0) is 11.4. The Kier molecular flexibility index (Phi) is 4.01. The second-order valence-electron chi connectivity index (χ2n) is 4.14. The van der Waals surface area contributed by atoms with Crippen LogP contribution in [0.5, 0.6) is 0 Å². The molecule has 5 heteroatoms. The minimum atomic E-state index is -1.08. The molecule has 2 rings (SSSR count). The lowest BCUT2D eigenvalue weighted by Crippen LogP contribution is -2.38. The van der Waals surface area contributed by atoms with E-state index in [1.165, 1.54) is 12.8 Å². The van der Waals surface area contributed by atoms with Crippen LogP contribution in [0.2, 0.25) is 0 Å². The maximum atomic E-state index is 12.0. The molecule has 1 aromatic rings. The molecular formula is C11H17N3OS. The molecule has 1 aliphatic heterocycles. The van der Waals surface area contributed by atoms with Gasteiger partial charge in [0.1, 0.15) is 0 Å². The summed E-state index contributed by atoms with van der Waals surface area (Å²) in [6.45, 7) is 2.93. The fourth-order valence-electron chi connectivity index (χ4n) is 1.86. The summed E-state index contributed by atoms with van der Waals surface area (Å²) in [5.74, 6) is 0.628. The van der Waals surface area contributed by atoms with Crippen LogP contribution in [-0.2, 0) is 10.8 Å². The van der Waals surface area contributed by atoms with Gasteiger partial charge >= 0.3 is 0 Å². The molecule has 0 bridgehead atoms. The molecule has 2 unspecified atom stereocenters. The van der Waals surface area contributed by atoms with Crippen molar-refractivity contribution in [3.05, 3.63) is 18.0 Å². The first-order valence-corrected chi connectivity index (χ1v) is 6.99. The van der Waals surface area contributed by atoms with E-state index >= 15 is 0 Å². The zero-order valence-electron chi connectivity index (χ0n) is 9.48. The molecule has 0 spiro atoms. The van der Waals surface area contributed by atoms with Crippen LogP contribution in [0.15, 0.2) is 17.4 Å².